The molecule has 0 aliphatic carbocycles. The third kappa shape index (κ3) is 15.1. The van der Waals surface area contributed by atoms with E-state index in [9.17, 15) is 0 Å². The van der Waals surface area contributed by atoms with E-state index in [0.29, 0.717) is 0 Å². The van der Waals surface area contributed by atoms with Gasteiger partial charge in [0.2, 0.25) is 0 Å². The summed E-state index contributed by atoms with van der Waals surface area (Å²) in [6.07, 6.45) is 0. The predicted molar refractivity (Wildman–Crippen MR) is 64.4 cm³/mol. The molecule has 0 saturated carbocycles. The minimum atomic E-state index is 0. The van der Waals surface area contributed by atoms with Crippen molar-refractivity contribution in [2.24, 2.45) is 0 Å². The van der Waals surface area contributed by atoms with Gasteiger partial charge in [0.05, 0.1) is 0 Å². The van der Waals surface area contributed by atoms with Crippen molar-refractivity contribution in [1.82, 2.24) is 4.90 Å². The van der Waals surface area contributed by atoms with Gasteiger partial charge in [-0.25, -0.2) is 0 Å². The average molecular weight is 274 g/mol. The summed E-state index contributed by atoms with van der Waals surface area (Å²) in [5.74, 6) is 0. The molecule has 1 unspecified atom stereocenters. The largest absolute Gasteiger partial charge is 0.433 e. The molecule has 0 rings (SSSR count). The van der Waals surface area contributed by atoms with Crippen molar-refractivity contribution in [1.29, 1.82) is 0 Å². The van der Waals surface area contributed by atoms with Crippen LogP contribution in [0.1, 0.15) is 41.5 Å². The summed E-state index contributed by atoms with van der Waals surface area (Å²) in [5, 5.41) is 0. The fourth-order valence-corrected chi connectivity index (χ4v) is 0.787. The van der Waals surface area contributed by atoms with Crippen LogP contribution in [0.4, 0.5) is 0 Å². The second-order valence-corrected chi connectivity index (χ2v) is 2.28. The van der Waals surface area contributed by atoms with E-state index in [0.717, 1.165) is 12.2 Å². The van der Waals surface area contributed by atoms with Crippen molar-refractivity contribution < 1.29 is 32.7 Å². The van der Waals surface area contributed by atoms with Gasteiger partial charge in [0.25, 0.3) is 0 Å². The number of rotatable bonds is 3. The van der Waals surface area contributed by atoms with Crippen molar-refractivity contribution >= 4 is 0 Å². The second kappa shape index (κ2) is 19.3. The van der Waals surface area contributed by atoms with Gasteiger partial charge in [-0.2, -0.15) is 0 Å². The molecule has 14 heavy (non-hydrogen) atoms. The SMILES string of the molecule is C=C(C)N(C[CH2-])C([CH2-])C.CC.CC.[Y]. The molecule has 0 aliphatic heterocycles. The third-order valence-electron chi connectivity index (χ3n) is 1.26. The van der Waals surface area contributed by atoms with E-state index >= 15 is 0 Å². The molecule has 0 aromatic rings. The van der Waals surface area contributed by atoms with E-state index in [2.05, 4.69) is 20.4 Å². The van der Waals surface area contributed by atoms with Gasteiger partial charge in [-0.3, -0.25) is 0 Å². The van der Waals surface area contributed by atoms with Crippen LogP contribution < -0.4 is 0 Å². The summed E-state index contributed by atoms with van der Waals surface area (Å²) in [6.45, 7) is 24.1. The molecule has 2 heteroatoms. The van der Waals surface area contributed by atoms with Gasteiger partial charge in [-0.1, -0.05) is 41.2 Å². The zero-order chi connectivity index (χ0) is 11.4. The van der Waals surface area contributed by atoms with E-state index in [-0.39, 0.29) is 38.8 Å². The van der Waals surface area contributed by atoms with E-state index in [1.54, 1.807) is 0 Å². The molecule has 0 aliphatic rings. The summed E-state index contributed by atoms with van der Waals surface area (Å²) in [5.41, 5.74) is 1.03. The van der Waals surface area contributed by atoms with Crippen LogP contribution in [-0.4, -0.2) is 17.5 Å². The Morgan fingerprint density at radius 2 is 1.57 bits per heavy atom. The summed E-state index contributed by atoms with van der Waals surface area (Å²) < 4.78 is 0. The van der Waals surface area contributed by atoms with E-state index < -0.39 is 0 Å². The van der Waals surface area contributed by atoms with Gasteiger partial charge in [0.15, 0.2) is 0 Å². The standard InChI is InChI=1S/C8H15N.2C2H6.Y/c1-6-9(7(2)3)8(4)5;2*1-2;/h7H,1-2,4,6H2,3,5H3;2*1-2H3;/q-2;;;. The molecule has 0 fully saturated rings. The van der Waals surface area contributed by atoms with Crippen LogP contribution in [0.15, 0.2) is 12.3 Å². The predicted octanol–water partition coefficient (Wildman–Crippen LogP) is 3.93. The Morgan fingerprint density at radius 3 is 1.57 bits per heavy atom. The summed E-state index contributed by atoms with van der Waals surface area (Å²) in [4.78, 5) is 2.04. The van der Waals surface area contributed by atoms with Gasteiger partial charge in [0.1, 0.15) is 0 Å². The van der Waals surface area contributed by atoms with Crippen LogP contribution in [0.3, 0.4) is 0 Å². The molecule has 0 N–H and O–H groups in total. The number of hydrogen-bond acceptors (Lipinski definition) is 1. The maximum Gasteiger partial charge on any atom is 0 e. The minimum Gasteiger partial charge on any atom is -0.433 e. The molecule has 1 atom stereocenters. The molecule has 0 aromatic carbocycles. The maximum absolute atomic E-state index is 3.86. The van der Waals surface area contributed by atoms with E-state index in [1.807, 2.05) is 46.4 Å². The van der Waals surface area contributed by atoms with E-state index in [1.165, 1.54) is 0 Å². The Kier molecular flexibility index (Phi) is 33.1. The van der Waals surface area contributed by atoms with Crippen LogP contribution in [0.2, 0.25) is 0 Å². The zero-order valence-corrected chi connectivity index (χ0v) is 13.8. The van der Waals surface area contributed by atoms with Crippen molar-refractivity contribution in [2.45, 2.75) is 47.6 Å². The van der Waals surface area contributed by atoms with Crippen molar-refractivity contribution in [3.8, 4) is 0 Å². The molecule has 0 amide bonds. The quantitative estimate of drug-likeness (QED) is 0.705. The molecule has 0 spiro atoms. The minimum absolute atomic E-state index is 0. The van der Waals surface area contributed by atoms with Crippen molar-refractivity contribution in [3.05, 3.63) is 26.1 Å². The molecule has 0 saturated heterocycles. The number of nitrogens with zero attached hydrogens (tertiary/aromatic N) is 1. The first-order valence-corrected chi connectivity index (χ1v) is 5.14. The summed E-state index contributed by atoms with van der Waals surface area (Å²) in [7, 11) is 0. The third-order valence-corrected chi connectivity index (χ3v) is 1.26. The van der Waals surface area contributed by atoms with Crippen LogP contribution >= 0.6 is 0 Å². The topological polar surface area (TPSA) is 3.24 Å². The summed E-state index contributed by atoms with van der Waals surface area (Å²) >= 11 is 0. The first kappa shape index (κ1) is 24.1. The van der Waals surface area contributed by atoms with Crippen LogP contribution in [0.5, 0.6) is 0 Å². The van der Waals surface area contributed by atoms with Crippen LogP contribution in [0, 0.1) is 13.8 Å². The summed E-state index contributed by atoms with van der Waals surface area (Å²) in [6, 6.07) is 0.278. The monoisotopic (exact) mass is 274 g/mol. The van der Waals surface area contributed by atoms with Gasteiger partial charge >= 0.3 is 0 Å². The first-order chi connectivity index (χ1) is 6.09. The molecular formula is C12H27NY-2. The van der Waals surface area contributed by atoms with Crippen LogP contribution in [-0.2, 0) is 32.7 Å². The Morgan fingerprint density at radius 1 is 1.29 bits per heavy atom. The molecule has 1 nitrogen and oxygen atoms in total. The van der Waals surface area contributed by atoms with Gasteiger partial charge in [-0.05, 0) is 12.6 Å². The normalized spacial score (nSPS) is 9.14. The maximum atomic E-state index is 3.86. The molecule has 0 aromatic heterocycles. The first-order valence-electron chi connectivity index (χ1n) is 5.14. The van der Waals surface area contributed by atoms with Crippen molar-refractivity contribution in [3.63, 3.8) is 0 Å². The van der Waals surface area contributed by atoms with Gasteiger partial charge in [0, 0.05) is 32.7 Å². The van der Waals surface area contributed by atoms with E-state index in [4.69, 9.17) is 0 Å². The Hall–Kier alpha value is 0.644. The molecule has 0 heterocycles. The van der Waals surface area contributed by atoms with Gasteiger partial charge < -0.3 is 18.7 Å². The molecule has 85 valence electrons. The smallest absolute Gasteiger partial charge is 0 e. The fourth-order valence-electron chi connectivity index (χ4n) is 0.787. The second-order valence-electron chi connectivity index (χ2n) is 2.28. The molecule has 0 bridgehead atoms. The van der Waals surface area contributed by atoms with Crippen molar-refractivity contribution in [2.75, 3.05) is 6.54 Å². The molecular weight excluding hydrogens is 247 g/mol. The Balaban J connectivity index is -0.0000000883. The Labute approximate surface area is 117 Å². The molecule has 1 radical (unpaired) electrons. The average Bonchev–Trinajstić information content (AvgIpc) is 2.11. The fraction of sp³-hybridized carbons (Fsp3) is 0.667. The Bertz CT molecular complexity index is 100. The zero-order valence-electron chi connectivity index (χ0n) is 10.9. The van der Waals surface area contributed by atoms with Crippen LogP contribution in [0.25, 0.3) is 0 Å². The number of hydrogen-bond donors (Lipinski definition) is 0. The number of allylic oxidation sites excluding steroid dienone is 1. The van der Waals surface area contributed by atoms with Gasteiger partial charge in [-0.15, -0.1) is 12.6 Å².